The van der Waals surface area contributed by atoms with Gasteiger partial charge in [-0.25, -0.2) is 18.0 Å². The highest BCUT2D eigenvalue weighted by atomic mass is 35.5. The summed E-state index contributed by atoms with van der Waals surface area (Å²) >= 11 is 6.14. The first-order valence-electron chi connectivity index (χ1n) is 9.76. The summed E-state index contributed by atoms with van der Waals surface area (Å²) in [5.41, 5.74) is -0.0807. The maximum Gasteiger partial charge on any atom is 0.338 e. The average molecular weight is 474 g/mol. The fraction of sp³-hybridized carbons (Fsp3) is 0.526. The van der Waals surface area contributed by atoms with Crippen LogP contribution in [0.1, 0.15) is 31.1 Å². The van der Waals surface area contributed by atoms with Crippen LogP contribution in [0.3, 0.4) is 0 Å². The highest BCUT2D eigenvalue weighted by molar-refractivity contribution is 7.89. The Bertz CT molecular complexity index is 990. The molecule has 2 heterocycles. The number of urea groups is 1. The van der Waals surface area contributed by atoms with Gasteiger partial charge in [0.25, 0.3) is 5.91 Å². The van der Waals surface area contributed by atoms with E-state index in [1.807, 2.05) is 0 Å². The van der Waals surface area contributed by atoms with Crippen molar-refractivity contribution in [3.8, 4) is 0 Å². The van der Waals surface area contributed by atoms with Crippen LogP contribution in [-0.2, 0) is 24.3 Å². The molecule has 0 aromatic heterocycles. The summed E-state index contributed by atoms with van der Waals surface area (Å²) in [5, 5.41) is 2.45. The molecule has 3 rings (SSSR count). The van der Waals surface area contributed by atoms with E-state index in [-0.39, 0.29) is 47.3 Å². The number of imide groups is 1. The summed E-state index contributed by atoms with van der Waals surface area (Å²) < 4.78 is 38.3. The third-order valence-corrected chi connectivity index (χ3v) is 7.24. The Morgan fingerprint density at radius 3 is 2.48 bits per heavy atom. The molecular weight excluding hydrogens is 450 g/mol. The van der Waals surface area contributed by atoms with Crippen LogP contribution in [0.25, 0.3) is 0 Å². The first-order chi connectivity index (χ1) is 14.5. The van der Waals surface area contributed by atoms with E-state index in [1.54, 1.807) is 13.8 Å². The van der Waals surface area contributed by atoms with Crippen molar-refractivity contribution in [1.29, 1.82) is 0 Å². The van der Waals surface area contributed by atoms with E-state index < -0.39 is 34.0 Å². The van der Waals surface area contributed by atoms with Gasteiger partial charge in [0.1, 0.15) is 4.90 Å². The van der Waals surface area contributed by atoms with Crippen LogP contribution in [0, 0.1) is 0 Å². The SMILES string of the molecule is C[C@@H]1CN(S(=O)(=O)c2cc(C(=O)O[C@H](C)C(=O)N3CCNC3=O)ccc2Cl)C[C@@H](C)O1. The summed E-state index contributed by atoms with van der Waals surface area (Å²) in [5.74, 6) is -1.57. The second-order valence-electron chi connectivity index (χ2n) is 7.49. The minimum atomic E-state index is -3.99. The third-order valence-electron chi connectivity index (χ3n) is 4.93. The van der Waals surface area contributed by atoms with Crippen molar-refractivity contribution in [2.75, 3.05) is 26.2 Å². The first-order valence-corrected chi connectivity index (χ1v) is 11.6. The number of carbonyl (C=O) groups excluding carboxylic acids is 3. The van der Waals surface area contributed by atoms with E-state index >= 15 is 0 Å². The summed E-state index contributed by atoms with van der Waals surface area (Å²) in [4.78, 5) is 37.2. The number of carbonyl (C=O) groups is 3. The number of ether oxygens (including phenoxy) is 2. The van der Waals surface area contributed by atoms with Crippen molar-refractivity contribution in [2.24, 2.45) is 0 Å². The fourth-order valence-electron chi connectivity index (χ4n) is 3.47. The van der Waals surface area contributed by atoms with Gasteiger partial charge in [0.2, 0.25) is 10.0 Å². The minimum Gasteiger partial charge on any atom is -0.449 e. The van der Waals surface area contributed by atoms with E-state index in [9.17, 15) is 22.8 Å². The first kappa shape index (κ1) is 23.5. The van der Waals surface area contributed by atoms with Crippen LogP contribution in [0.2, 0.25) is 5.02 Å². The van der Waals surface area contributed by atoms with Gasteiger partial charge in [0, 0.05) is 26.2 Å². The lowest BCUT2D eigenvalue weighted by molar-refractivity contribution is -0.136. The highest BCUT2D eigenvalue weighted by Gasteiger charge is 2.35. The summed E-state index contributed by atoms with van der Waals surface area (Å²) in [6.07, 6.45) is -1.81. The van der Waals surface area contributed by atoms with Crippen molar-refractivity contribution in [3.63, 3.8) is 0 Å². The lowest BCUT2D eigenvalue weighted by atomic mass is 10.2. The quantitative estimate of drug-likeness (QED) is 0.638. The number of benzene rings is 1. The van der Waals surface area contributed by atoms with Crippen LogP contribution < -0.4 is 5.32 Å². The summed E-state index contributed by atoms with van der Waals surface area (Å²) in [6.45, 7) is 5.69. The zero-order valence-corrected chi connectivity index (χ0v) is 18.9. The van der Waals surface area contributed by atoms with Gasteiger partial charge in [0.15, 0.2) is 6.10 Å². The zero-order valence-electron chi connectivity index (χ0n) is 17.3. The van der Waals surface area contributed by atoms with Gasteiger partial charge < -0.3 is 14.8 Å². The monoisotopic (exact) mass is 473 g/mol. The molecule has 0 aliphatic carbocycles. The molecule has 1 N–H and O–H groups in total. The topological polar surface area (TPSA) is 122 Å². The van der Waals surface area contributed by atoms with E-state index in [0.29, 0.717) is 6.54 Å². The smallest absolute Gasteiger partial charge is 0.338 e. The molecule has 0 bridgehead atoms. The van der Waals surface area contributed by atoms with Crippen LogP contribution in [0.4, 0.5) is 4.79 Å². The number of halogens is 1. The molecular formula is C19H24ClN3O7S. The van der Waals surface area contributed by atoms with Gasteiger partial charge in [-0.15, -0.1) is 0 Å². The number of hydrogen-bond acceptors (Lipinski definition) is 7. The Morgan fingerprint density at radius 1 is 1.26 bits per heavy atom. The second-order valence-corrected chi connectivity index (χ2v) is 9.81. The molecule has 12 heteroatoms. The molecule has 3 atom stereocenters. The summed E-state index contributed by atoms with van der Waals surface area (Å²) in [6, 6.07) is 3.18. The molecule has 0 radical (unpaired) electrons. The second kappa shape index (κ2) is 9.11. The molecule has 3 amide bonds. The largest absolute Gasteiger partial charge is 0.449 e. The molecule has 2 aliphatic rings. The van der Waals surface area contributed by atoms with E-state index in [4.69, 9.17) is 21.1 Å². The number of hydrogen-bond donors (Lipinski definition) is 1. The molecule has 170 valence electrons. The number of amides is 3. The third kappa shape index (κ3) is 5.00. The van der Waals surface area contributed by atoms with Crippen LogP contribution in [0.5, 0.6) is 0 Å². The van der Waals surface area contributed by atoms with Gasteiger partial charge in [-0.3, -0.25) is 9.69 Å². The molecule has 0 saturated carbocycles. The predicted octanol–water partition coefficient (Wildman–Crippen LogP) is 1.24. The van der Waals surface area contributed by atoms with E-state index in [2.05, 4.69) is 5.32 Å². The van der Waals surface area contributed by atoms with Crippen molar-refractivity contribution < 1.29 is 32.3 Å². The molecule has 2 saturated heterocycles. The maximum atomic E-state index is 13.1. The number of nitrogens with one attached hydrogen (secondary N) is 1. The molecule has 31 heavy (non-hydrogen) atoms. The number of morpholine rings is 1. The standard InChI is InChI=1S/C19H24ClN3O7S/c1-11-9-22(10-12(2)29-11)31(27,28)16-8-14(4-5-15(16)20)18(25)30-13(3)17(24)23-7-6-21-19(23)26/h4-5,8,11-13H,6-7,9-10H2,1-3H3,(H,21,26)/t11-,12-,13-/m1/s1. The van der Waals surface area contributed by atoms with E-state index in [0.717, 1.165) is 11.0 Å². The van der Waals surface area contributed by atoms with Gasteiger partial charge >= 0.3 is 12.0 Å². The molecule has 2 aliphatic heterocycles. The number of rotatable bonds is 5. The minimum absolute atomic E-state index is 0.0405. The van der Waals surface area contributed by atoms with Gasteiger partial charge in [-0.05, 0) is 39.0 Å². The number of sulfonamides is 1. The number of nitrogens with zero attached hydrogens (tertiary/aromatic N) is 2. The molecule has 10 nitrogen and oxygen atoms in total. The zero-order chi connectivity index (χ0) is 22.9. The van der Waals surface area contributed by atoms with Gasteiger partial charge in [-0.1, -0.05) is 11.6 Å². The highest BCUT2D eigenvalue weighted by Crippen LogP contribution is 2.28. The Morgan fingerprint density at radius 2 is 1.90 bits per heavy atom. The predicted molar refractivity (Wildman–Crippen MR) is 110 cm³/mol. The van der Waals surface area contributed by atoms with Crippen molar-refractivity contribution in [3.05, 3.63) is 28.8 Å². The lowest BCUT2D eigenvalue weighted by Crippen LogP contribution is -2.48. The average Bonchev–Trinajstić information content (AvgIpc) is 3.12. The van der Waals surface area contributed by atoms with E-state index in [1.165, 1.54) is 23.4 Å². The van der Waals surface area contributed by atoms with Crippen LogP contribution in [0.15, 0.2) is 23.1 Å². The summed E-state index contributed by atoms with van der Waals surface area (Å²) in [7, 11) is -3.99. The van der Waals surface area contributed by atoms with Crippen molar-refractivity contribution in [1.82, 2.24) is 14.5 Å². The molecule has 2 fully saturated rings. The normalized spacial score (nSPS) is 23.4. The molecule has 1 aromatic rings. The molecule has 0 spiro atoms. The number of esters is 1. The lowest BCUT2D eigenvalue weighted by Gasteiger charge is -2.34. The van der Waals surface area contributed by atoms with Crippen molar-refractivity contribution >= 4 is 39.5 Å². The Balaban J connectivity index is 1.79. The Labute approximate surface area is 185 Å². The maximum absolute atomic E-state index is 13.1. The molecule has 0 unspecified atom stereocenters. The molecule has 1 aromatic carbocycles. The van der Waals surface area contributed by atoms with Crippen LogP contribution >= 0.6 is 11.6 Å². The van der Waals surface area contributed by atoms with Gasteiger partial charge in [-0.2, -0.15) is 4.31 Å². The Hall–Kier alpha value is -2.21. The van der Waals surface area contributed by atoms with Crippen molar-refractivity contribution in [2.45, 2.75) is 44.0 Å². The Kier molecular flexibility index (Phi) is 6.89. The fourth-order valence-corrected chi connectivity index (χ4v) is 5.57. The van der Waals surface area contributed by atoms with Crippen LogP contribution in [-0.4, -0.2) is 80.0 Å². The van der Waals surface area contributed by atoms with Gasteiger partial charge in [0.05, 0.1) is 22.8 Å².